The van der Waals surface area contributed by atoms with Gasteiger partial charge in [0.25, 0.3) is 0 Å². The third kappa shape index (κ3) is 5.11. The van der Waals surface area contributed by atoms with Crippen molar-refractivity contribution in [3.05, 3.63) is 95.1 Å². The van der Waals surface area contributed by atoms with Crippen molar-refractivity contribution >= 4 is 18.1 Å². The molecule has 6 nitrogen and oxygen atoms in total. The van der Waals surface area contributed by atoms with Crippen LogP contribution in [0.3, 0.4) is 0 Å². The Morgan fingerprint density at radius 3 is 2.35 bits per heavy atom. The summed E-state index contributed by atoms with van der Waals surface area (Å²) in [6, 6.07) is 21.5. The number of carbonyl (C=O) groups is 2. The lowest BCUT2D eigenvalue weighted by molar-refractivity contribution is -0.131. The zero-order chi connectivity index (χ0) is 23.9. The first-order valence-electron chi connectivity index (χ1n) is 10.7. The van der Waals surface area contributed by atoms with Crippen LogP contribution in [0.5, 0.6) is 5.75 Å². The van der Waals surface area contributed by atoms with Crippen LogP contribution in [-0.2, 0) is 9.53 Å². The second-order valence-electron chi connectivity index (χ2n) is 7.61. The number of methoxy groups -OCH3 is 1. The van der Waals surface area contributed by atoms with Gasteiger partial charge in [0.2, 0.25) is 0 Å². The number of rotatable bonds is 6. The second-order valence-corrected chi connectivity index (χ2v) is 7.61. The molecule has 0 radical (unpaired) electrons. The Labute approximate surface area is 197 Å². The van der Waals surface area contributed by atoms with Gasteiger partial charge >= 0.3 is 12.1 Å². The Bertz CT molecular complexity index is 1270. The molecule has 0 bridgehead atoms. The average molecular weight is 453 g/mol. The van der Waals surface area contributed by atoms with Gasteiger partial charge in [0.1, 0.15) is 12.4 Å². The first-order chi connectivity index (χ1) is 16.6. The number of fused-ring (bicyclic) bond motifs is 3. The van der Waals surface area contributed by atoms with E-state index in [-0.39, 0.29) is 19.1 Å². The summed E-state index contributed by atoms with van der Waals surface area (Å²) in [6.07, 6.45) is 1.95. The molecular weight excluding hydrogens is 430 g/mol. The molecule has 170 valence electrons. The maximum absolute atomic E-state index is 12.2. The molecular formula is C28H23NO5. The summed E-state index contributed by atoms with van der Waals surface area (Å²) in [4.78, 5) is 23.0. The number of carboxylic acids is 1. The van der Waals surface area contributed by atoms with Gasteiger partial charge in [-0.25, -0.2) is 9.59 Å². The van der Waals surface area contributed by atoms with Crippen molar-refractivity contribution in [2.45, 2.75) is 5.92 Å². The fourth-order valence-electron chi connectivity index (χ4n) is 4.02. The van der Waals surface area contributed by atoms with Crippen molar-refractivity contribution in [3.63, 3.8) is 0 Å². The molecule has 0 heterocycles. The van der Waals surface area contributed by atoms with Crippen molar-refractivity contribution in [3.8, 4) is 28.7 Å². The van der Waals surface area contributed by atoms with Gasteiger partial charge in [0.15, 0.2) is 0 Å². The van der Waals surface area contributed by atoms with Crippen molar-refractivity contribution in [1.82, 2.24) is 5.32 Å². The number of nitrogens with one attached hydrogen (secondary N) is 1. The van der Waals surface area contributed by atoms with Gasteiger partial charge < -0.3 is 19.9 Å². The fraction of sp³-hybridized carbons (Fsp3) is 0.143. The second kappa shape index (κ2) is 10.4. The Kier molecular flexibility index (Phi) is 6.95. The molecule has 1 aliphatic rings. The third-order valence-electron chi connectivity index (χ3n) is 5.53. The van der Waals surface area contributed by atoms with Crippen molar-refractivity contribution < 1.29 is 24.2 Å². The zero-order valence-electron chi connectivity index (χ0n) is 18.6. The van der Waals surface area contributed by atoms with Gasteiger partial charge in [0, 0.05) is 23.1 Å². The van der Waals surface area contributed by atoms with Crippen molar-refractivity contribution in [1.29, 1.82) is 0 Å². The highest BCUT2D eigenvalue weighted by Gasteiger charge is 2.28. The van der Waals surface area contributed by atoms with E-state index in [1.807, 2.05) is 24.3 Å². The standard InChI is InChI=1S/C28H23NO5/c1-33-26-14-12-19(17-20(26)13-15-27(30)31)7-6-16-29-28(32)34-18-25-23-10-4-2-8-21(23)22-9-3-5-11-24(22)25/h2-5,8-15,17,25H,16,18H2,1H3,(H,29,32)(H,30,31)/b15-13+. The Morgan fingerprint density at radius 1 is 1.03 bits per heavy atom. The average Bonchev–Trinajstić information content (AvgIpc) is 3.18. The number of benzene rings is 3. The predicted molar refractivity (Wildman–Crippen MR) is 130 cm³/mol. The van der Waals surface area contributed by atoms with E-state index in [9.17, 15) is 9.59 Å². The van der Waals surface area contributed by atoms with E-state index < -0.39 is 12.1 Å². The summed E-state index contributed by atoms with van der Waals surface area (Å²) in [7, 11) is 1.51. The number of aliphatic carboxylic acids is 1. The van der Waals surface area contributed by atoms with E-state index >= 15 is 0 Å². The number of ether oxygens (including phenoxy) is 2. The Morgan fingerprint density at radius 2 is 1.71 bits per heavy atom. The molecule has 0 unspecified atom stereocenters. The first-order valence-corrected chi connectivity index (χ1v) is 10.7. The lowest BCUT2D eigenvalue weighted by Gasteiger charge is -2.14. The van der Waals surface area contributed by atoms with Crippen LogP contribution in [0.4, 0.5) is 4.79 Å². The van der Waals surface area contributed by atoms with E-state index in [1.54, 1.807) is 18.2 Å². The summed E-state index contributed by atoms with van der Waals surface area (Å²) in [5, 5.41) is 11.5. The molecule has 0 atom stereocenters. The molecule has 0 aliphatic heterocycles. The highest BCUT2D eigenvalue weighted by atomic mass is 16.5. The van der Waals surface area contributed by atoms with Gasteiger partial charge in [-0.1, -0.05) is 60.4 Å². The molecule has 1 amide bonds. The van der Waals surface area contributed by atoms with Crippen LogP contribution < -0.4 is 10.1 Å². The number of hydrogen-bond donors (Lipinski definition) is 2. The topological polar surface area (TPSA) is 84.9 Å². The molecule has 0 spiro atoms. The van der Waals surface area contributed by atoms with Crippen LogP contribution in [0, 0.1) is 11.8 Å². The van der Waals surface area contributed by atoms with E-state index in [4.69, 9.17) is 14.6 Å². The Balaban J connectivity index is 1.34. The number of carbonyl (C=O) groups excluding carboxylic acids is 1. The number of alkyl carbamates (subject to hydrolysis) is 1. The van der Waals surface area contributed by atoms with E-state index in [1.165, 1.54) is 24.3 Å². The third-order valence-corrected chi connectivity index (χ3v) is 5.53. The van der Waals surface area contributed by atoms with Crippen LogP contribution >= 0.6 is 0 Å². The maximum atomic E-state index is 12.2. The largest absolute Gasteiger partial charge is 0.496 e. The van der Waals surface area contributed by atoms with E-state index in [2.05, 4.69) is 41.4 Å². The summed E-state index contributed by atoms with van der Waals surface area (Å²) in [5.74, 6) is 5.32. The highest BCUT2D eigenvalue weighted by Crippen LogP contribution is 2.44. The summed E-state index contributed by atoms with van der Waals surface area (Å²) in [6.45, 7) is 0.355. The molecule has 2 N–H and O–H groups in total. The van der Waals surface area contributed by atoms with Gasteiger partial charge in [-0.3, -0.25) is 0 Å². The highest BCUT2D eigenvalue weighted by molar-refractivity contribution is 5.86. The van der Waals surface area contributed by atoms with Crippen LogP contribution in [0.1, 0.15) is 28.2 Å². The predicted octanol–water partition coefficient (Wildman–Crippen LogP) is 4.68. The van der Waals surface area contributed by atoms with E-state index in [0.717, 1.165) is 17.2 Å². The van der Waals surface area contributed by atoms with Crippen molar-refractivity contribution in [2.75, 3.05) is 20.3 Å². The van der Waals surface area contributed by atoms with Crippen LogP contribution in [0.2, 0.25) is 0 Å². The van der Waals surface area contributed by atoms with Gasteiger partial charge in [-0.15, -0.1) is 0 Å². The molecule has 6 heteroatoms. The van der Waals surface area contributed by atoms with Crippen LogP contribution in [-0.4, -0.2) is 37.4 Å². The molecule has 0 aromatic heterocycles. The summed E-state index contributed by atoms with van der Waals surface area (Å²) >= 11 is 0. The monoisotopic (exact) mass is 453 g/mol. The molecule has 0 fully saturated rings. The summed E-state index contributed by atoms with van der Waals surface area (Å²) < 4.78 is 10.7. The number of amides is 1. The number of carboxylic acid groups (broad SMARTS) is 1. The molecule has 34 heavy (non-hydrogen) atoms. The maximum Gasteiger partial charge on any atom is 0.407 e. The van der Waals surface area contributed by atoms with Crippen LogP contribution in [0.25, 0.3) is 17.2 Å². The normalized spacial score (nSPS) is 11.8. The minimum atomic E-state index is -1.05. The fourth-order valence-corrected chi connectivity index (χ4v) is 4.02. The molecule has 0 saturated heterocycles. The smallest absolute Gasteiger partial charge is 0.407 e. The molecule has 0 saturated carbocycles. The molecule has 4 rings (SSSR count). The van der Waals surface area contributed by atoms with Crippen LogP contribution in [0.15, 0.2) is 72.8 Å². The lowest BCUT2D eigenvalue weighted by atomic mass is 9.98. The summed E-state index contributed by atoms with van der Waals surface area (Å²) in [5.41, 5.74) is 5.93. The molecule has 3 aromatic rings. The van der Waals surface area contributed by atoms with Gasteiger partial charge in [0.05, 0.1) is 13.7 Å². The SMILES string of the molecule is COc1ccc(C#CCNC(=O)OCC2c3ccccc3-c3ccccc32)cc1/C=C/C(=O)O. The quantitative estimate of drug-likeness (QED) is 0.418. The van der Waals surface area contributed by atoms with Crippen molar-refractivity contribution in [2.24, 2.45) is 0 Å². The zero-order valence-corrected chi connectivity index (χ0v) is 18.6. The molecule has 3 aromatic carbocycles. The lowest BCUT2D eigenvalue weighted by Crippen LogP contribution is -2.26. The number of hydrogen-bond acceptors (Lipinski definition) is 4. The van der Waals surface area contributed by atoms with Gasteiger partial charge in [-0.05, 0) is 46.5 Å². The Hall–Kier alpha value is -4.50. The van der Waals surface area contributed by atoms with Gasteiger partial charge in [-0.2, -0.15) is 0 Å². The molecule has 1 aliphatic carbocycles. The first kappa shape index (κ1) is 22.7. The minimum Gasteiger partial charge on any atom is -0.496 e. The van der Waals surface area contributed by atoms with E-state index in [0.29, 0.717) is 16.9 Å². The minimum absolute atomic E-state index is 0.000751.